The number of benzene rings is 1. The molecule has 0 saturated heterocycles. The van der Waals surface area contributed by atoms with Crippen molar-refractivity contribution >= 4 is 15.7 Å². The molecule has 0 atom stereocenters. The first-order valence-electron chi connectivity index (χ1n) is 6.18. The van der Waals surface area contributed by atoms with E-state index in [4.69, 9.17) is 10.5 Å². The van der Waals surface area contributed by atoms with Crippen LogP contribution in [-0.4, -0.2) is 27.4 Å². The molecule has 0 fully saturated rings. The van der Waals surface area contributed by atoms with Crippen molar-refractivity contribution in [2.45, 2.75) is 19.6 Å². The molecule has 0 unspecified atom stereocenters. The maximum atomic E-state index is 12.8. The summed E-state index contributed by atoms with van der Waals surface area (Å²) in [6.07, 6.45) is -4.60. The normalized spacial score (nSPS) is 12.4. The minimum absolute atomic E-state index is 0.0289. The van der Waals surface area contributed by atoms with Crippen LogP contribution in [0.3, 0.4) is 0 Å². The lowest BCUT2D eigenvalue weighted by molar-refractivity contribution is -0.138. The van der Waals surface area contributed by atoms with Crippen LogP contribution < -0.4 is 10.5 Å². The third-order valence-corrected chi connectivity index (χ3v) is 3.86. The van der Waals surface area contributed by atoms with Crippen molar-refractivity contribution < 1.29 is 26.3 Å². The zero-order valence-corrected chi connectivity index (χ0v) is 12.2. The molecule has 3 N–H and O–H groups in total. The van der Waals surface area contributed by atoms with E-state index in [0.29, 0.717) is 6.61 Å². The van der Waals surface area contributed by atoms with Crippen LogP contribution in [0.25, 0.3) is 0 Å². The summed E-state index contributed by atoms with van der Waals surface area (Å²) in [4.78, 5) is 0. The zero-order chi connectivity index (χ0) is 16.1. The Bertz CT molecular complexity index is 574. The molecule has 5 nitrogen and oxygen atoms in total. The second kappa shape index (κ2) is 7.10. The highest BCUT2D eigenvalue weighted by Gasteiger charge is 2.33. The maximum absolute atomic E-state index is 12.8. The third kappa shape index (κ3) is 5.52. The largest absolute Gasteiger partial charge is 0.416 e. The van der Waals surface area contributed by atoms with Crippen molar-refractivity contribution in [3.05, 3.63) is 29.3 Å². The molecule has 0 aliphatic heterocycles. The summed E-state index contributed by atoms with van der Waals surface area (Å²) < 4.78 is 68.9. The molecule has 0 amide bonds. The highest BCUT2D eigenvalue weighted by atomic mass is 32.2. The Morgan fingerprint density at radius 3 is 2.52 bits per heavy atom. The lowest BCUT2D eigenvalue weighted by Gasteiger charge is -2.14. The SMILES string of the molecule is CCOCCS(=O)(=O)Nc1ccc(CN)c(C(F)(F)F)c1. The summed E-state index contributed by atoms with van der Waals surface area (Å²) in [5, 5.41) is 0. The van der Waals surface area contributed by atoms with E-state index in [1.54, 1.807) is 6.92 Å². The average molecular weight is 326 g/mol. The molecule has 0 bridgehead atoms. The van der Waals surface area contributed by atoms with Gasteiger partial charge in [0.25, 0.3) is 0 Å². The molecular formula is C12H17F3N2O3S. The lowest BCUT2D eigenvalue weighted by atomic mass is 10.1. The maximum Gasteiger partial charge on any atom is 0.416 e. The molecule has 0 heterocycles. The predicted molar refractivity (Wildman–Crippen MR) is 73.2 cm³/mol. The van der Waals surface area contributed by atoms with Gasteiger partial charge in [0.05, 0.1) is 17.9 Å². The number of nitrogens with two attached hydrogens (primary N) is 1. The Morgan fingerprint density at radius 1 is 1.33 bits per heavy atom. The van der Waals surface area contributed by atoms with Gasteiger partial charge in [-0.05, 0) is 24.6 Å². The molecule has 0 spiro atoms. The number of halogens is 3. The van der Waals surface area contributed by atoms with Crippen LogP contribution in [-0.2, 0) is 27.5 Å². The zero-order valence-electron chi connectivity index (χ0n) is 11.4. The van der Waals surface area contributed by atoms with Gasteiger partial charge in [0.15, 0.2) is 0 Å². The number of alkyl halides is 3. The minimum Gasteiger partial charge on any atom is -0.381 e. The van der Waals surface area contributed by atoms with Gasteiger partial charge in [-0.3, -0.25) is 4.72 Å². The number of sulfonamides is 1. The van der Waals surface area contributed by atoms with Gasteiger partial charge in [0, 0.05) is 18.8 Å². The first kappa shape index (κ1) is 17.7. The summed E-state index contributed by atoms with van der Waals surface area (Å²) in [6, 6.07) is 3.14. The van der Waals surface area contributed by atoms with Gasteiger partial charge in [-0.2, -0.15) is 13.2 Å². The van der Waals surface area contributed by atoms with Gasteiger partial charge in [-0.15, -0.1) is 0 Å². The molecule has 21 heavy (non-hydrogen) atoms. The summed E-state index contributed by atoms with van der Waals surface area (Å²) in [6.45, 7) is 1.76. The monoisotopic (exact) mass is 326 g/mol. The standard InChI is InChI=1S/C12H17F3N2O3S/c1-2-20-5-6-21(18,19)17-10-4-3-9(8-16)11(7-10)12(13,14)15/h3-4,7,17H,2,5-6,8,16H2,1H3. The molecule has 0 aliphatic rings. The van der Waals surface area contributed by atoms with E-state index < -0.39 is 21.8 Å². The van der Waals surface area contributed by atoms with E-state index in [2.05, 4.69) is 4.72 Å². The summed E-state index contributed by atoms with van der Waals surface area (Å²) in [5.41, 5.74) is 4.05. The van der Waals surface area contributed by atoms with E-state index in [0.717, 1.165) is 12.1 Å². The first-order chi connectivity index (χ1) is 9.69. The molecule has 9 heteroatoms. The molecule has 1 rings (SSSR count). The number of anilines is 1. The third-order valence-electron chi connectivity index (χ3n) is 2.61. The Kier molecular flexibility index (Phi) is 5.99. The molecule has 0 radical (unpaired) electrons. The predicted octanol–water partition coefficient (Wildman–Crippen LogP) is 1.94. The van der Waals surface area contributed by atoms with Crippen LogP contribution in [0.15, 0.2) is 18.2 Å². The van der Waals surface area contributed by atoms with Crippen molar-refractivity contribution in [3.63, 3.8) is 0 Å². The van der Waals surface area contributed by atoms with Crippen LogP contribution in [0.2, 0.25) is 0 Å². The Hall–Kier alpha value is -1.32. The van der Waals surface area contributed by atoms with Crippen LogP contribution in [0.5, 0.6) is 0 Å². The average Bonchev–Trinajstić information content (AvgIpc) is 2.37. The lowest BCUT2D eigenvalue weighted by Crippen LogP contribution is -2.21. The molecule has 1 aromatic rings. The van der Waals surface area contributed by atoms with Gasteiger partial charge >= 0.3 is 6.18 Å². The molecule has 1 aromatic carbocycles. The highest BCUT2D eigenvalue weighted by Crippen LogP contribution is 2.33. The Morgan fingerprint density at radius 2 is 2.00 bits per heavy atom. The fourth-order valence-electron chi connectivity index (χ4n) is 1.63. The smallest absolute Gasteiger partial charge is 0.381 e. The van der Waals surface area contributed by atoms with Gasteiger partial charge < -0.3 is 10.5 Å². The van der Waals surface area contributed by atoms with Gasteiger partial charge in [-0.25, -0.2) is 8.42 Å². The van der Waals surface area contributed by atoms with Gasteiger partial charge in [-0.1, -0.05) is 6.07 Å². The van der Waals surface area contributed by atoms with Crippen molar-refractivity contribution in [1.82, 2.24) is 0 Å². The molecule has 0 aliphatic carbocycles. The highest BCUT2D eigenvalue weighted by molar-refractivity contribution is 7.92. The number of nitrogens with one attached hydrogen (secondary N) is 1. The second-order valence-electron chi connectivity index (χ2n) is 4.19. The van der Waals surface area contributed by atoms with Crippen LogP contribution in [0.1, 0.15) is 18.1 Å². The van der Waals surface area contributed by atoms with Crippen molar-refractivity contribution in [2.75, 3.05) is 23.7 Å². The minimum atomic E-state index is -4.60. The van der Waals surface area contributed by atoms with E-state index in [9.17, 15) is 21.6 Å². The second-order valence-corrected chi connectivity index (χ2v) is 6.03. The number of rotatable bonds is 7. The number of hydrogen-bond acceptors (Lipinski definition) is 4. The summed E-state index contributed by atoms with van der Waals surface area (Å²) in [5.74, 6) is -0.333. The van der Waals surface area contributed by atoms with Gasteiger partial charge in [0.2, 0.25) is 10.0 Å². The summed E-state index contributed by atoms with van der Waals surface area (Å²) >= 11 is 0. The number of hydrogen-bond donors (Lipinski definition) is 2. The van der Waals surface area contributed by atoms with E-state index >= 15 is 0 Å². The van der Waals surface area contributed by atoms with E-state index in [-0.39, 0.29) is 30.2 Å². The van der Waals surface area contributed by atoms with Gasteiger partial charge in [0.1, 0.15) is 0 Å². The quantitative estimate of drug-likeness (QED) is 0.750. The number of ether oxygens (including phenoxy) is 1. The van der Waals surface area contributed by atoms with E-state index in [1.807, 2.05) is 0 Å². The topological polar surface area (TPSA) is 81.4 Å². The fraction of sp³-hybridized carbons (Fsp3) is 0.500. The summed E-state index contributed by atoms with van der Waals surface area (Å²) in [7, 11) is -3.76. The van der Waals surface area contributed by atoms with E-state index in [1.165, 1.54) is 6.07 Å². The first-order valence-corrected chi connectivity index (χ1v) is 7.83. The molecule has 0 aromatic heterocycles. The Balaban J connectivity index is 2.95. The van der Waals surface area contributed by atoms with Crippen molar-refractivity contribution in [2.24, 2.45) is 5.73 Å². The molecule has 120 valence electrons. The van der Waals surface area contributed by atoms with Crippen molar-refractivity contribution in [1.29, 1.82) is 0 Å². The van der Waals surface area contributed by atoms with Crippen LogP contribution in [0.4, 0.5) is 18.9 Å². The fourth-order valence-corrected chi connectivity index (χ4v) is 2.55. The Labute approximate surface area is 121 Å². The molecular weight excluding hydrogens is 309 g/mol. The van der Waals surface area contributed by atoms with Crippen molar-refractivity contribution in [3.8, 4) is 0 Å². The van der Waals surface area contributed by atoms with Crippen LogP contribution in [0, 0.1) is 0 Å². The van der Waals surface area contributed by atoms with Crippen LogP contribution >= 0.6 is 0 Å². The molecule has 0 saturated carbocycles.